The van der Waals surface area contributed by atoms with Crippen molar-refractivity contribution in [3.63, 3.8) is 0 Å². The van der Waals surface area contributed by atoms with Crippen molar-refractivity contribution >= 4 is 29.1 Å². The summed E-state index contributed by atoms with van der Waals surface area (Å²) in [6.07, 6.45) is 0. The molecular weight excluding hydrogens is 299 g/mol. The first kappa shape index (κ1) is 15.6. The van der Waals surface area contributed by atoms with Crippen molar-refractivity contribution in [2.24, 2.45) is 0 Å². The van der Waals surface area contributed by atoms with Crippen LogP contribution in [0.4, 0.5) is 0 Å². The van der Waals surface area contributed by atoms with E-state index in [1.165, 1.54) is 0 Å². The van der Waals surface area contributed by atoms with E-state index in [-0.39, 0.29) is 11.9 Å². The molecule has 2 rings (SSSR count). The number of nitrogens with one attached hydrogen (secondary N) is 1. The minimum Gasteiger partial charge on any atom is -0.378 e. The van der Waals surface area contributed by atoms with E-state index in [9.17, 15) is 4.79 Å². The number of ether oxygens (including phenoxy) is 1. The van der Waals surface area contributed by atoms with Crippen molar-refractivity contribution in [3.05, 3.63) is 33.8 Å². The van der Waals surface area contributed by atoms with Gasteiger partial charge < -0.3 is 15.0 Å². The van der Waals surface area contributed by atoms with Crippen LogP contribution in [0.2, 0.25) is 10.0 Å². The molecule has 1 aromatic rings. The van der Waals surface area contributed by atoms with Crippen LogP contribution in [0.3, 0.4) is 0 Å². The topological polar surface area (TPSA) is 41.6 Å². The summed E-state index contributed by atoms with van der Waals surface area (Å²) in [5, 5.41) is 4.41. The van der Waals surface area contributed by atoms with Crippen LogP contribution in [0.25, 0.3) is 0 Å². The van der Waals surface area contributed by atoms with Gasteiger partial charge in [-0.15, -0.1) is 0 Å². The number of hydrogen-bond donors (Lipinski definition) is 1. The van der Waals surface area contributed by atoms with Crippen LogP contribution in [0.5, 0.6) is 0 Å². The lowest BCUT2D eigenvalue weighted by Crippen LogP contribution is -2.45. The lowest BCUT2D eigenvalue weighted by molar-refractivity contribution is -0.134. The number of nitrogens with zero attached hydrogens (tertiary/aromatic N) is 1. The van der Waals surface area contributed by atoms with Crippen molar-refractivity contribution in [1.29, 1.82) is 0 Å². The zero-order valence-corrected chi connectivity index (χ0v) is 12.9. The highest BCUT2D eigenvalue weighted by Gasteiger charge is 2.18. The molecule has 0 radical (unpaired) electrons. The maximum absolute atomic E-state index is 12.0. The lowest BCUT2D eigenvalue weighted by atomic mass is 10.1. The summed E-state index contributed by atoms with van der Waals surface area (Å²) in [4.78, 5) is 13.8. The zero-order chi connectivity index (χ0) is 14.5. The molecule has 1 atom stereocenters. The molecule has 0 aromatic heterocycles. The zero-order valence-electron chi connectivity index (χ0n) is 11.4. The molecule has 0 aliphatic carbocycles. The van der Waals surface area contributed by atoms with Gasteiger partial charge in [0.25, 0.3) is 0 Å². The molecule has 20 heavy (non-hydrogen) atoms. The first-order valence-electron chi connectivity index (χ1n) is 6.62. The third-order valence-corrected chi connectivity index (χ3v) is 3.91. The van der Waals surface area contributed by atoms with Gasteiger partial charge in [0.05, 0.1) is 19.8 Å². The summed E-state index contributed by atoms with van der Waals surface area (Å²) in [5.74, 6) is 0.0882. The second kappa shape index (κ2) is 7.27. The van der Waals surface area contributed by atoms with Gasteiger partial charge in [-0.25, -0.2) is 0 Å². The number of rotatable bonds is 4. The first-order chi connectivity index (χ1) is 9.58. The Hall–Kier alpha value is -0.810. The van der Waals surface area contributed by atoms with Crippen molar-refractivity contribution < 1.29 is 9.53 Å². The molecule has 4 nitrogen and oxygen atoms in total. The molecule has 1 aromatic carbocycles. The predicted molar refractivity (Wildman–Crippen MR) is 80.3 cm³/mol. The standard InChI is InChI=1S/C14H18Cl2N2O2/c1-10(12-3-2-11(15)8-13(12)16)17-9-14(19)18-4-6-20-7-5-18/h2-3,8,10,17H,4-7,9H2,1H3. The first-order valence-corrected chi connectivity index (χ1v) is 7.37. The van der Waals surface area contributed by atoms with Crippen LogP contribution in [0.1, 0.15) is 18.5 Å². The largest absolute Gasteiger partial charge is 0.378 e. The molecule has 0 saturated carbocycles. The average molecular weight is 317 g/mol. The molecule has 1 unspecified atom stereocenters. The van der Waals surface area contributed by atoms with Gasteiger partial charge in [-0.2, -0.15) is 0 Å². The minimum absolute atomic E-state index is 0.00948. The van der Waals surface area contributed by atoms with Crippen molar-refractivity contribution in [2.75, 3.05) is 32.8 Å². The number of carbonyl (C=O) groups excluding carboxylic acids is 1. The fourth-order valence-corrected chi connectivity index (χ4v) is 2.70. The maximum Gasteiger partial charge on any atom is 0.236 e. The Morgan fingerprint density at radius 1 is 1.40 bits per heavy atom. The van der Waals surface area contributed by atoms with E-state index in [0.29, 0.717) is 42.9 Å². The van der Waals surface area contributed by atoms with Crippen molar-refractivity contribution in [3.8, 4) is 0 Å². The molecule has 6 heteroatoms. The Kier molecular flexibility index (Phi) is 5.66. The molecule has 1 saturated heterocycles. The van der Waals surface area contributed by atoms with Crippen LogP contribution >= 0.6 is 23.2 Å². The Bertz CT molecular complexity index is 476. The van der Waals surface area contributed by atoms with Crippen LogP contribution in [0.15, 0.2) is 18.2 Å². The summed E-state index contributed by atoms with van der Waals surface area (Å²) in [6.45, 7) is 4.82. The van der Waals surface area contributed by atoms with Gasteiger partial charge in [0.2, 0.25) is 5.91 Å². The number of halogens is 2. The summed E-state index contributed by atoms with van der Waals surface area (Å²) >= 11 is 12.0. The second-order valence-corrected chi connectivity index (χ2v) is 5.61. The predicted octanol–water partition coefficient (Wildman–Crippen LogP) is 2.50. The smallest absolute Gasteiger partial charge is 0.236 e. The molecular formula is C14H18Cl2N2O2. The molecule has 1 aliphatic heterocycles. The van der Waals surface area contributed by atoms with E-state index in [4.69, 9.17) is 27.9 Å². The third-order valence-electron chi connectivity index (χ3n) is 3.35. The van der Waals surface area contributed by atoms with E-state index < -0.39 is 0 Å². The summed E-state index contributed by atoms with van der Waals surface area (Å²) < 4.78 is 5.23. The van der Waals surface area contributed by atoms with E-state index in [1.807, 2.05) is 17.9 Å². The quantitative estimate of drug-likeness (QED) is 0.928. The minimum atomic E-state index is -0.00948. The number of benzene rings is 1. The van der Waals surface area contributed by atoms with Gasteiger partial charge in [-0.1, -0.05) is 29.3 Å². The highest BCUT2D eigenvalue weighted by Crippen LogP contribution is 2.25. The molecule has 1 heterocycles. The van der Waals surface area contributed by atoms with E-state index in [0.717, 1.165) is 5.56 Å². The van der Waals surface area contributed by atoms with Crippen LogP contribution in [-0.4, -0.2) is 43.7 Å². The summed E-state index contributed by atoms with van der Waals surface area (Å²) in [6, 6.07) is 5.37. The molecule has 0 spiro atoms. The highest BCUT2D eigenvalue weighted by molar-refractivity contribution is 6.35. The summed E-state index contributed by atoms with van der Waals surface area (Å²) in [7, 11) is 0. The van der Waals surface area contributed by atoms with E-state index >= 15 is 0 Å². The van der Waals surface area contributed by atoms with Gasteiger partial charge in [0.1, 0.15) is 0 Å². The molecule has 0 bridgehead atoms. The fourth-order valence-electron chi connectivity index (χ4n) is 2.13. The SMILES string of the molecule is CC(NCC(=O)N1CCOCC1)c1ccc(Cl)cc1Cl. The van der Waals surface area contributed by atoms with Gasteiger partial charge >= 0.3 is 0 Å². The number of morpholine rings is 1. The monoisotopic (exact) mass is 316 g/mol. The fraction of sp³-hybridized carbons (Fsp3) is 0.500. The molecule has 1 N–H and O–H groups in total. The van der Waals surface area contributed by atoms with E-state index in [1.54, 1.807) is 12.1 Å². The number of hydrogen-bond acceptors (Lipinski definition) is 3. The maximum atomic E-state index is 12.0. The Balaban J connectivity index is 1.87. The lowest BCUT2D eigenvalue weighted by Gasteiger charge is -2.27. The van der Waals surface area contributed by atoms with Crippen molar-refractivity contribution in [2.45, 2.75) is 13.0 Å². The van der Waals surface area contributed by atoms with Gasteiger partial charge in [0.15, 0.2) is 0 Å². The van der Waals surface area contributed by atoms with Gasteiger partial charge in [-0.3, -0.25) is 4.79 Å². The Morgan fingerprint density at radius 2 is 2.10 bits per heavy atom. The Morgan fingerprint density at radius 3 is 2.75 bits per heavy atom. The van der Waals surface area contributed by atoms with Crippen LogP contribution < -0.4 is 5.32 Å². The van der Waals surface area contributed by atoms with Crippen molar-refractivity contribution in [1.82, 2.24) is 10.2 Å². The van der Waals surface area contributed by atoms with Gasteiger partial charge in [-0.05, 0) is 24.6 Å². The average Bonchev–Trinajstić information content (AvgIpc) is 2.45. The van der Waals surface area contributed by atoms with E-state index in [2.05, 4.69) is 5.32 Å². The highest BCUT2D eigenvalue weighted by atomic mass is 35.5. The third kappa shape index (κ3) is 4.09. The van der Waals surface area contributed by atoms with Crippen LogP contribution in [0, 0.1) is 0 Å². The summed E-state index contributed by atoms with van der Waals surface area (Å²) in [5.41, 5.74) is 0.936. The molecule has 1 aliphatic rings. The van der Waals surface area contributed by atoms with Gasteiger partial charge in [0, 0.05) is 29.2 Å². The number of carbonyl (C=O) groups is 1. The molecule has 110 valence electrons. The number of amides is 1. The molecule has 1 fully saturated rings. The second-order valence-electron chi connectivity index (χ2n) is 4.76. The normalized spacial score (nSPS) is 17.1. The molecule has 1 amide bonds. The Labute approximate surface area is 129 Å². The van der Waals surface area contributed by atoms with Crippen LogP contribution in [-0.2, 0) is 9.53 Å².